The van der Waals surface area contributed by atoms with Gasteiger partial charge in [-0.2, -0.15) is 12.7 Å². The molecule has 0 aromatic rings. The molecule has 10 heteroatoms. The first-order valence-corrected chi connectivity index (χ1v) is 10.3. The van der Waals surface area contributed by atoms with Gasteiger partial charge in [-0.15, -0.1) is 0 Å². The molecule has 1 aliphatic heterocycles. The van der Waals surface area contributed by atoms with E-state index in [4.69, 9.17) is 9.47 Å². The number of carbonyl (C=O) groups is 2. The molecule has 0 saturated carbocycles. The van der Waals surface area contributed by atoms with E-state index in [0.29, 0.717) is 19.4 Å². The minimum absolute atomic E-state index is 0.0542. The predicted molar refractivity (Wildman–Crippen MR) is 96.7 cm³/mol. The summed E-state index contributed by atoms with van der Waals surface area (Å²) in [5.74, 6) is -0.804. The number of nitrogens with zero attached hydrogens (tertiary/aromatic N) is 2. The third kappa shape index (κ3) is 7.46. The number of esters is 1. The molecule has 1 atom stereocenters. The van der Waals surface area contributed by atoms with Crippen LogP contribution in [0.3, 0.4) is 0 Å². The molecule has 152 valence electrons. The highest BCUT2D eigenvalue weighted by Gasteiger charge is 2.33. The van der Waals surface area contributed by atoms with E-state index in [0.717, 1.165) is 0 Å². The highest BCUT2D eigenvalue weighted by molar-refractivity contribution is 7.87. The molecule has 26 heavy (non-hydrogen) atoms. The minimum Gasteiger partial charge on any atom is -0.466 e. The van der Waals surface area contributed by atoms with Crippen LogP contribution in [0.2, 0.25) is 0 Å². The topological polar surface area (TPSA) is 105 Å². The molecule has 1 heterocycles. The number of likely N-dealkylation sites (N-methyl/N-ethyl adjacent to an activating group) is 1. The van der Waals surface area contributed by atoms with Gasteiger partial charge in [-0.1, -0.05) is 0 Å². The lowest BCUT2D eigenvalue weighted by Gasteiger charge is -2.31. The second-order valence-corrected chi connectivity index (χ2v) is 9.01. The van der Waals surface area contributed by atoms with Crippen molar-refractivity contribution in [2.45, 2.75) is 46.1 Å². The fraction of sp³-hybridized carbons (Fsp3) is 0.875. The summed E-state index contributed by atoms with van der Waals surface area (Å²) in [6.45, 7) is 7.97. The number of ether oxygens (including phenoxy) is 2. The molecule has 1 N–H and O–H groups in total. The second kappa shape index (κ2) is 9.52. The van der Waals surface area contributed by atoms with Gasteiger partial charge in [0.25, 0.3) is 10.2 Å². The van der Waals surface area contributed by atoms with Crippen LogP contribution in [-0.2, 0) is 24.5 Å². The molecular weight excluding hydrogens is 362 g/mol. The van der Waals surface area contributed by atoms with Gasteiger partial charge >= 0.3 is 12.1 Å². The van der Waals surface area contributed by atoms with Crippen molar-refractivity contribution in [1.29, 1.82) is 0 Å². The lowest BCUT2D eigenvalue weighted by atomic mass is 10.0. The Kier molecular flexibility index (Phi) is 8.29. The fourth-order valence-electron chi connectivity index (χ4n) is 2.48. The molecule has 0 aromatic carbocycles. The Hall–Kier alpha value is -1.39. The van der Waals surface area contributed by atoms with E-state index in [1.165, 1.54) is 9.21 Å². The SMILES string of the molecule is CCOC(=O)[C@@H]1CCCN(S(=O)(=O)NCCN(C)C(=O)OC(C)(C)C)C1. The Morgan fingerprint density at radius 3 is 2.54 bits per heavy atom. The van der Waals surface area contributed by atoms with Gasteiger partial charge in [-0.05, 0) is 40.5 Å². The van der Waals surface area contributed by atoms with E-state index in [-0.39, 0.29) is 32.2 Å². The molecule has 1 fully saturated rings. The lowest BCUT2D eigenvalue weighted by molar-refractivity contribution is -0.149. The number of hydrogen-bond acceptors (Lipinski definition) is 6. The van der Waals surface area contributed by atoms with E-state index in [2.05, 4.69) is 4.72 Å². The maximum absolute atomic E-state index is 12.4. The predicted octanol–water partition coefficient (Wildman–Crippen LogP) is 0.963. The Morgan fingerprint density at radius 2 is 1.96 bits per heavy atom. The third-order valence-corrected chi connectivity index (χ3v) is 5.36. The molecule has 1 amide bonds. The molecule has 0 bridgehead atoms. The number of carbonyl (C=O) groups excluding carboxylic acids is 2. The van der Waals surface area contributed by atoms with Crippen molar-refractivity contribution < 1.29 is 27.5 Å². The summed E-state index contributed by atoms with van der Waals surface area (Å²) in [4.78, 5) is 25.0. The van der Waals surface area contributed by atoms with Crippen molar-refractivity contribution in [3.8, 4) is 0 Å². The van der Waals surface area contributed by atoms with Crippen LogP contribution >= 0.6 is 0 Å². The summed E-state index contributed by atoms with van der Waals surface area (Å²) in [5, 5.41) is 0. The van der Waals surface area contributed by atoms with Crippen molar-refractivity contribution >= 4 is 22.3 Å². The summed E-state index contributed by atoms with van der Waals surface area (Å²) in [6, 6.07) is 0. The third-order valence-electron chi connectivity index (χ3n) is 3.78. The van der Waals surface area contributed by atoms with Crippen LogP contribution in [0.4, 0.5) is 4.79 Å². The van der Waals surface area contributed by atoms with Crippen LogP contribution < -0.4 is 4.72 Å². The number of nitrogens with one attached hydrogen (secondary N) is 1. The Balaban J connectivity index is 2.50. The highest BCUT2D eigenvalue weighted by atomic mass is 32.2. The maximum atomic E-state index is 12.4. The van der Waals surface area contributed by atoms with Crippen molar-refractivity contribution in [1.82, 2.24) is 13.9 Å². The van der Waals surface area contributed by atoms with Crippen LogP contribution in [0.25, 0.3) is 0 Å². The minimum atomic E-state index is -3.72. The molecule has 9 nitrogen and oxygen atoms in total. The summed E-state index contributed by atoms with van der Waals surface area (Å²) in [6.07, 6.45) is 0.700. The Morgan fingerprint density at radius 1 is 1.31 bits per heavy atom. The summed E-state index contributed by atoms with van der Waals surface area (Å²) in [7, 11) is -2.18. The van der Waals surface area contributed by atoms with E-state index in [1.807, 2.05) is 0 Å². The van der Waals surface area contributed by atoms with Crippen LogP contribution in [-0.4, -0.2) is 75.1 Å². The standard InChI is InChI=1S/C16H31N3O6S/c1-6-24-14(20)13-8-7-10-19(12-13)26(22,23)17-9-11-18(5)15(21)25-16(2,3)4/h13,17H,6-12H2,1-5H3/t13-/m1/s1. The van der Waals surface area contributed by atoms with Crippen LogP contribution in [0.1, 0.15) is 40.5 Å². The molecular formula is C16H31N3O6S. The normalized spacial score (nSPS) is 19.0. The first-order valence-electron chi connectivity index (χ1n) is 8.81. The average molecular weight is 394 g/mol. The van der Waals surface area contributed by atoms with Gasteiger partial charge in [0.2, 0.25) is 0 Å². The molecule has 0 aliphatic carbocycles. The van der Waals surface area contributed by atoms with Gasteiger partial charge in [0.05, 0.1) is 12.5 Å². The first-order chi connectivity index (χ1) is 12.0. The van der Waals surface area contributed by atoms with Crippen molar-refractivity contribution in [3.05, 3.63) is 0 Å². The van der Waals surface area contributed by atoms with Gasteiger partial charge in [-0.3, -0.25) is 4.79 Å². The van der Waals surface area contributed by atoms with Crippen LogP contribution in [0.15, 0.2) is 0 Å². The van der Waals surface area contributed by atoms with E-state index in [9.17, 15) is 18.0 Å². The van der Waals surface area contributed by atoms with Gasteiger partial charge in [-0.25, -0.2) is 9.52 Å². The zero-order valence-corrected chi connectivity index (χ0v) is 17.1. The van der Waals surface area contributed by atoms with E-state index >= 15 is 0 Å². The average Bonchev–Trinajstić information content (AvgIpc) is 2.53. The fourth-order valence-corrected chi connectivity index (χ4v) is 3.76. The molecule has 0 aromatic heterocycles. The summed E-state index contributed by atoms with van der Waals surface area (Å²) < 4.78 is 38.8. The number of amides is 1. The maximum Gasteiger partial charge on any atom is 0.410 e. The van der Waals surface area contributed by atoms with Gasteiger partial charge < -0.3 is 14.4 Å². The van der Waals surface area contributed by atoms with Crippen molar-refractivity contribution in [3.63, 3.8) is 0 Å². The largest absolute Gasteiger partial charge is 0.466 e. The highest BCUT2D eigenvalue weighted by Crippen LogP contribution is 2.19. The second-order valence-electron chi connectivity index (χ2n) is 7.25. The van der Waals surface area contributed by atoms with E-state index < -0.39 is 27.8 Å². The number of piperidine rings is 1. The van der Waals surface area contributed by atoms with Crippen LogP contribution in [0, 0.1) is 5.92 Å². The van der Waals surface area contributed by atoms with Crippen molar-refractivity contribution in [2.24, 2.45) is 5.92 Å². The number of rotatable bonds is 7. The molecule has 0 spiro atoms. The monoisotopic (exact) mass is 393 g/mol. The van der Waals surface area contributed by atoms with Gasteiger partial charge in [0, 0.05) is 33.2 Å². The Labute approximate surface area is 156 Å². The lowest BCUT2D eigenvalue weighted by Crippen LogP contribution is -2.49. The molecule has 1 rings (SSSR count). The van der Waals surface area contributed by atoms with Crippen molar-refractivity contribution in [2.75, 3.05) is 39.8 Å². The van der Waals surface area contributed by atoms with Crippen LogP contribution in [0.5, 0.6) is 0 Å². The Bertz CT molecular complexity index is 587. The molecule has 0 unspecified atom stereocenters. The smallest absolute Gasteiger partial charge is 0.410 e. The van der Waals surface area contributed by atoms with Gasteiger partial charge in [0.1, 0.15) is 5.60 Å². The number of hydrogen-bond donors (Lipinski definition) is 1. The van der Waals surface area contributed by atoms with Gasteiger partial charge in [0.15, 0.2) is 0 Å². The molecule has 0 radical (unpaired) electrons. The summed E-state index contributed by atoms with van der Waals surface area (Å²) >= 11 is 0. The zero-order valence-electron chi connectivity index (χ0n) is 16.3. The van der Waals surface area contributed by atoms with E-state index in [1.54, 1.807) is 34.7 Å². The molecule has 1 saturated heterocycles. The first kappa shape index (κ1) is 22.7. The molecule has 1 aliphatic rings. The summed E-state index contributed by atoms with van der Waals surface area (Å²) in [5.41, 5.74) is -0.610. The quantitative estimate of drug-likeness (QED) is 0.646. The zero-order chi connectivity index (χ0) is 20.0.